The lowest BCUT2D eigenvalue weighted by atomic mass is 9.95. The molecule has 8 nitrogen and oxygen atoms in total. The van der Waals surface area contributed by atoms with E-state index in [9.17, 15) is 19.2 Å². The topological polar surface area (TPSA) is 116 Å². The molecule has 4 amide bonds. The molecule has 0 saturated heterocycles. The molecule has 0 fully saturated rings. The van der Waals surface area contributed by atoms with Crippen molar-refractivity contribution in [3.05, 3.63) is 47.5 Å². The van der Waals surface area contributed by atoms with Gasteiger partial charge in [0.1, 0.15) is 12.1 Å². The standard InChI is InChI=1S/C28H42N4O4S/c1-17(2)15-21-8-10-22(11-9-21)20(6)26(34)32-25(18(3)4)28(36)31-23-16-37-14-13-29-24(33)12-7-19(5)30-27(23)35/h7-12,17-20,23,25H,13-16H2,1-6H3,(H,29,33)(H,30,35)(H,31,36)(H,32,34)/b12-7+/t19-,20?,23-,25?/m0/s1. The van der Waals surface area contributed by atoms with Crippen LogP contribution in [0.15, 0.2) is 36.4 Å². The summed E-state index contributed by atoms with van der Waals surface area (Å²) in [4.78, 5) is 51.0. The first kappa shape index (κ1) is 30.4. The first-order valence-corrected chi connectivity index (χ1v) is 14.2. The highest BCUT2D eigenvalue weighted by molar-refractivity contribution is 7.99. The van der Waals surface area contributed by atoms with Gasteiger partial charge in [0, 0.05) is 30.2 Å². The van der Waals surface area contributed by atoms with Crippen molar-refractivity contribution in [2.75, 3.05) is 18.1 Å². The molecule has 4 N–H and O–H groups in total. The highest BCUT2D eigenvalue weighted by atomic mass is 32.2. The monoisotopic (exact) mass is 530 g/mol. The van der Waals surface area contributed by atoms with Crippen LogP contribution in [0.5, 0.6) is 0 Å². The Morgan fingerprint density at radius 3 is 2.35 bits per heavy atom. The van der Waals surface area contributed by atoms with Crippen molar-refractivity contribution in [1.29, 1.82) is 0 Å². The van der Waals surface area contributed by atoms with Gasteiger partial charge in [0.15, 0.2) is 0 Å². The van der Waals surface area contributed by atoms with Crippen molar-refractivity contribution in [3.8, 4) is 0 Å². The van der Waals surface area contributed by atoms with Gasteiger partial charge in [-0.2, -0.15) is 11.8 Å². The maximum atomic E-state index is 13.3. The summed E-state index contributed by atoms with van der Waals surface area (Å²) in [5, 5.41) is 11.3. The molecule has 1 aromatic carbocycles. The van der Waals surface area contributed by atoms with Gasteiger partial charge in [0.2, 0.25) is 23.6 Å². The molecule has 1 heterocycles. The Hall–Kier alpha value is -2.81. The third kappa shape index (κ3) is 10.2. The zero-order valence-corrected chi connectivity index (χ0v) is 23.6. The van der Waals surface area contributed by atoms with Crippen LogP contribution in [0.1, 0.15) is 58.6 Å². The Bertz CT molecular complexity index is 961. The van der Waals surface area contributed by atoms with Crippen molar-refractivity contribution in [1.82, 2.24) is 21.3 Å². The number of carbonyl (C=O) groups is 4. The van der Waals surface area contributed by atoms with E-state index in [-0.39, 0.29) is 29.7 Å². The predicted octanol–water partition coefficient (Wildman–Crippen LogP) is 2.54. The van der Waals surface area contributed by atoms with Gasteiger partial charge >= 0.3 is 0 Å². The number of benzene rings is 1. The summed E-state index contributed by atoms with van der Waals surface area (Å²) in [6.45, 7) is 12.1. The molecule has 0 saturated carbocycles. The summed E-state index contributed by atoms with van der Waals surface area (Å²) in [7, 11) is 0. The number of rotatable bonds is 8. The molecule has 0 aliphatic carbocycles. The van der Waals surface area contributed by atoms with E-state index in [1.54, 1.807) is 13.0 Å². The van der Waals surface area contributed by atoms with Gasteiger partial charge < -0.3 is 21.3 Å². The summed E-state index contributed by atoms with van der Waals surface area (Å²) < 4.78 is 0. The Labute approximate surface area is 225 Å². The minimum absolute atomic E-state index is 0.177. The molecule has 4 atom stereocenters. The molecule has 0 bridgehead atoms. The predicted molar refractivity (Wildman–Crippen MR) is 149 cm³/mol. The minimum atomic E-state index is -0.786. The molecule has 9 heteroatoms. The molecular weight excluding hydrogens is 488 g/mol. The quantitative estimate of drug-likeness (QED) is 0.412. The third-order valence-electron chi connectivity index (χ3n) is 6.13. The lowest BCUT2D eigenvalue weighted by Crippen LogP contribution is -2.57. The van der Waals surface area contributed by atoms with E-state index in [0.29, 0.717) is 24.0 Å². The van der Waals surface area contributed by atoms with E-state index in [0.717, 1.165) is 12.0 Å². The summed E-state index contributed by atoms with van der Waals surface area (Å²) in [5.74, 6) is -0.267. The van der Waals surface area contributed by atoms with E-state index in [1.807, 2.05) is 45.0 Å². The third-order valence-corrected chi connectivity index (χ3v) is 7.20. The molecule has 1 aliphatic heterocycles. The van der Waals surface area contributed by atoms with Crippen molar-refractivity contribution < 1.29 is 19.2 Å². The normalized spacial score (nSPS) is 21.6. The zero-order chi connectivity index (χ0) is 27.5. The molecule has 204 valence electrons. The highest BCUT2D eigenvalue weighted by Crippen LogP contribution is 2.19. The van der Waals surface area contributed by atoms with Gasteiger partial charge in [0.25, 0.3) is 0 Å². The van der Waals surface area contributed by atoms with Crippen LogP contribution in [-0.4, -0.2) is 59.8 Å². The average Bonchev–Trinajstić information content (AvgIpc) is 2.83. The van der Waals surface area contributed by atoms with Gasteiger partial charge in [-0.1, -0.05) is 58.0 Å². The summed E-state index contributed by atoms with van der Waals surface area (Å²) in [6, 6.07) is 6.10. The van der Waals surface area contributed by atoms with E-state index in [1.165, 1.54) is 23.4 Å². The fraction of sp³-hybridized carbons (Fsp3) is 0.571. The second-order valence-electron chi connectivity index (χ2n) is 10.4. The molecule has 2 unspecified atom stereocenters. The van der Waals surface area contributed by atoms with Crippen LogP contribution in [0.2, 0.25) is 0 Å². The van der Waals surface area contributed by atoms with E-state index in [2.05, 4.69) is 35.1 Å². The summed E-state index contributed by atoms with van der Waals surface area (Å²) >= 11 is 1.46. The summed E-state index contributed by atoms with van der Waals surface area (Å²) in [6.07, 6.45) is 3.98. The van der Waals surface area contributed by atoms with Crippen molar-refractivity contribution in [2.45, 2.75) is 72.0 Å². The van der Waals surface area contributed by atoms with Crippen LogP contribution < -0.4 is 21.3 Å². The first-order valence-electron chi connectivity index (χ1n) is 13.0. The van der Waals surface area contributed by atoms with Crippen molar-refractivity contribution in [3.63, 3.8) is 0 Å². The average molecular weight is 531 g/mol. The maximum absolute atomic E-state index is 13.3. The number of amides is 4. The number of carbonyl (C=O) groups excluding carboxylic acids is 4. The number of hydrogen-bond donors (Lipinski definition) is 4. The Kier molecular flexibility index (Phi) is 12.2. The van der Waals surface area contributed by atoms with Crippen molar-refractivity contribution in [2.24, 2.45) is 11.8 Å². The first-order chi connectivity index (χ1) is 17.5. The zero-order valence-electron chi connectivity index (χ0n) is 22.8. The smallest absolute Gasteiger partial charge is 0.243 e. The van der Waals surface area contributed by atoms with Crippen LogP contribution in [0, 0.1) is 11.8 Å². The van der Waals surface area contributed by atoms with E-state index in [4.69, 9.17) is 0 Å². The van der Waals surface area contributed by atoms with E-state index >= 15 is 0 Å². The second-order valence-corrected chi connectivity index (χ2v) is 11.5. The maximum Gasteiger partial charge on any atom is 0.243 e. The number of nitrogens with one attached hydrogen (secondary N) is 4. The molecule has 0 spiro atoms. The van der Waals surface area contributed by atoms with Crippen LogP contribution in [0.3, 0.4) is 0 Å². The van der Waals surface area contributed by atoms with Crippen molar-refractivity contribution >= 4 is 35.4 Å². The van der Waals surface area contributed by atoms with Crippen LogP contribution in [0.4, 0.5) is 0 Å². The molecule has 1 aliphatic rings. The second kappa shape index (κ2) is 14.8. The molecule has 2 rings (SSSR count). The van der Waals surface area contributed by atoms with Crippen LogP contribution in [0.25, 0.3) is 0 Å². The van der Waals surface area contributed by atoms with Crippen LogP contribution >= 0.6 is 11.8 Å². The number of thioether (sulfide) groups is 1. The molecule has 0 aromatic heterocycles. The molecule has 0 radical (unpaired) electrons. The van der Waals surface area contributed by atoms with E-state index < -0.39 is 23.9 Å². The Morgan fingerprint density at radius 1 is 1.05 bits per heavy atom. The van der Waals surface area contributed by atoms with Gasteiger partial charge in [-0.15, -0.1) is 0 Å². The molecule has 1 aromatic rings. The van der Waals surface area contributed by atoms with Gasteiger partial charge in [-0.3, -0.25) is 19.2 Å². The highest BCUT2D eigenvalue weighted by Gasteiger charge is 2.30. The fourth-order valence-electron chi connectivity index (χ4n) is 3.93. The molecule has 37 heavy (non-hydrogen) atoms. The lowest BCUT2D eigenvalue weighted by Gasteiger charge is -2.27. The van der Waals surface area contributed by atoms with Gasteiger partial charge in [-0.25, -0.2) is 0 Å². The summed E-state index contributed by atoms with van der Waals surface area (Å²) in [5.41, 5.74) is 2.11. The van der Waals surface area contributed by atoms with Crippen LogP contribution in [-0.2, 0) is 25.6 Å². The SMILES string of the molecule is CC(C)Cc1ccc(C(C)C(=O)NC(C(=O)N[C@H]2CSCCNC(=O)/C=C/[C@H](C)NC2=O)C(C)C)cc1. The van der Waals surface area contributed by atoms with Gasteiger partial charge in [-0.05, 0) is 43.2 Å². The molecular formula is C28H42N4O4S. The lowest BCUT2D eigenvalue weighted by molar-refractivity contribution is -0.133. The fourth-order valence-corrected chi connectivity index (χ4v) is 4.82. The van der Waals surface area contributed by atoms with Gasteiger partial charge in [0.05, 0.1) is 5.92 Å². The minimum Gasteiger partial charge on any atom is -0.352 e. The Morgan fingerprint density at radius 2 is 1.73 bits per heavy atom. The largest absolute Gasteiger partial charge is 0.352 e. The number of hydrogen-bond acceptors (Lipinski definition) is 5. The Balaban J connectivity index is 2.07.